The van der Waals surface area contributed by atoms with Gasteiger partial charge in [0.05, 0.1) is 11.0 Å². The number of amides is 1. The SMILES string of the molecule is CCn1c(=O)n(CCC(=O)NCCC[S@@](C)=O)c2ccccc21. The fourth-order valence-electron chi connectivity index (χ4n) is 2.60. The van der Waals surface area contributed by atoms with Crippen molar-refractivity contribution in [2.75, 3.05) is 18.6 Å². The highest BCUT2D eigenvalue weighted by molar-refractivity contribution is 7.84. The Labute approximate surface area is 137 Å². The normalized spacial score (nSPS) is 12.4. The smallest absolute Gasteiger partial charge is 0.329 e. The molecule has 0 spiro atoms. The zero-order valence-corrected chi connectivity index (χ0v) is 14.4. The number of fused-ring (bicyclic) bond motifs is 1. The Morgan fingerprint density at radius 3 is 2.48 bits per heavy atom. The molecule has 1 amide bonds. The lowest BCUT2D eigenvalue weighted by molar-refractivity contribution is -0.121. The summed E-state index contributed by atoms with van der Waals surface area (Å²) in [7, 11) is -0.830. The molecule has 1 atom stereocenters. The van der Waals surface area contributed by atoms with Crippen molar-refractivity contribution in [1.82, 2.24) is 14.5 Å². The van der Waals surface area contributed by atoms with Gasteiger partial charge in [-0.25, -0.2) is 4.79 Å². The van der Waals surface area contributed by atoms with Gasteiger partial charge in [-0.1, -0.05) is 12.1 Å². The van der Waals surface area contributed by atoms with Crippen LogP contribution in [0.25, 0.3) is 11.0 Å². The first-order valence-electron chi connectivity index (χ1n) is 7.79. The number of benzene rings is 1. The van der Waals surface area contributed by atoms with Crippen LogP contribution in [0.4, 0.5) is 0 Å². The summed E-state index contributed by atoms with van der Waals surface area (Å²) in [5.41, 5.74) is 1.67. The molecule has 0 unspecified atom stereocenters. The largest absolute Gasteiger partial charge is 0.356 e. The van der Waals surface area contributed by atoms with Crippen LogP contribution in [-0.4, -0.2) is 37.8 Å². The second kappa shape index (κ2) is 8.10. The van der Waals surface area contributed by atoms with Crippen LogP contribution in [-0.2, 0) is 28.7 Å². The minimum Gasteiger partial charge on any atom is -0.356 e. The Bertz CT molecular complexity index is 764. The van der Waals surface area contributed by atoms with E-state index in [0.717, 1.165) is 11.0 Å². The molecule has 0 aliphatic carbocycles. The maximum atomic E-state index is 12.4. The average Bonchev–Trinajstić information content (AvgIpc) is 2.80. The number of carbonyl (C=O) groups is 1. The van der Waals surface area contributed by atoms with Crippen LogP contribution >= 0.6 is 0 Å². The monoisotopic (exact) mass is 337 g/mol. The third-order valence-electron chi connectivity index (χ3n) is 3.73. The van der Waals surface area contributed by atoms with Gasteiger partial charge in [-0.3, -0.25) is 18.1 Å². The molecule has 1 aromatic carbocycles. The van der Waals surface area contributed by atoms with Crippen LogP contribution in [0.15, 0.2) is 29.1 Å². The molecule has 2 aromatic rings. The number of nitrogens with zero attached hydrogens (tertiary/aromatic N) is 2. The number of nitrogens with one attached hydrogen (secondary N) is 1. The first-order valence-corrected chi connectivity index (χ1v) is 9.52. The van der Waals surface area contributed by atoms with Crippen molar-refractivity contribution in [1.29, 1.82) is 0 Å². The number of imidazole rings is 1. The highest BCUT2D eigenvalue weighted by Gasteiger charge is 2.12. The summed E-state index contributed by atoms with van der Waals surface area (Å²) in [5.74, 6) is 0.496. The van der Waals surface area contributed by atoms with E-state index in [-0.39, 0.29) is 18.0 Å². The lowest BCUT2D eigenvalue weighted by Gasteiger charge is -2.05. The van der Waals surface area contributed by atoms with Gasteiger partial charge in [0.2, 0.25) is 5.91 Å². The summed E-state index contributed by atoms with van der Waals surface area (Å²) < 4.78 is 14.3. The van der Waals surface area contributed by atoms with Crippen molar-refractivity contribution < 1.29 is 9.00 Å². The van der Waals surface area contributed by atoms with E-state index >= 15 is 0 Å². The molecule has 6 nitrogen and oxygen atoms in total. The molecule has 0 aliphatic heterocycles. The van der Waals surface area contributed by atoms with Gasteiger partial charge < -0.3 is 5.32 Å². The van der Waals surface area contributed by atoms with E-state index in [0.29, 0.717) is 31.8 Å². The average molecular weight is 337 g/mol. The first-order chi connectivity index (χ1) is 11.0. The first kappa shape index (κ1) is 17.5. The molecule has 7 heteroatoms. The van der Waals surface area contributed by atoms with Crippen LogP contribution in [0.1, 0.15) is 19.8 Å². The summed E-state index contributed by atoms with van der Waals surface area (Å²) >= 11 is 0. The summed E-state index contributed by atoms with van der Waals surface area (Å²) in [5, 5.41) is 2.80. The zero-order valence-electron chi connectivity index (χ0n) is 13.6. The Morgan fingerprint density at radius 1 is 1.22 bits per heavy atom. The summed E-state index contributed by atoms with van der Waals surface area (Å²) in [6.45, 7) is 3.41. The van der Waals surface area contributed by atoms with Gasteiger partial charge in [0, 0.05) is 48.9 Å². The van der Waals surface area contributed by atoms with Gasteiger partial charge >= 0.3 is 5.69 Å². The molecule has 0 aliphatic rings. The van der Waals surface area contributed by atoms with Crippen molar-refractivity contribution in [3.05, 3.63) is 34.7 Å². The molecular formula is C16H23N3O3S. The van der Waals surface area contributed by atoms with E-state index in [1.54, 1.807) is 15.4 Å². The van der Waals surface area contributed by atoms with Gasteiger partial charge in [-0.15, -0.1) is 0 Å². The number of carbonyl (C=O) groups excluding carboxylic acids is 1. The second-order valence-corrected chi connectivity index (χ2v) is 6.95. The Morgan fingerprint density at radius 2 is 1.87 bits per heavy atom. The predicted molar refractivity (Wildman–Crippen MR) is 93.0 cm³/mol. The molecule has 1 aromatic heterocycles. The van der Waals surface area contributed by atoms with Crippen LogP contribution in [0.2, 0.25) is 0 Å². The maximum Gasteiger partial charge on any atom is 0.329 e. The van der Waals surface area contributed by atoms with Crippen LogP contribution in [0, 0.1) is 0 Å². The second-order valence-electron chi connectivity index (χ2n) is 5.40. The fourth-order valence-corrected chi connectivity index (χ4v) is 3.15. The molecule has 2 rings (SSSR count). The van der Waals surface area contributed by atoms with E-state index in [4.69, 9.17) is 0 Å². The van der Waals surface area contributed by atoms with Crippen molar-refractivity contribution in [3.63, 3.8) is 0 Å². The van der Waals surface area contributed by atoms with Crippen molar-refractivity contribution in [2.24, 2.45) is 0 Å². The summed E-state index contributed by atoms with van der Waals surface area (Å²) in [6.07, 6.45) is 2.61. The highest BCUT2D eigenvalue weighted by Crippen LogP contribution is 2.12. The van der Waals surface area contributed by atoms with Gasteiger partial charge in [0.15, 0.2) is 0 Å². The number of hydrogen-bond acceptors (Lipinski definition) is 3. The van der Waals surface area contributed by atoms with Crippen LogP contribution < -0.4 is 11.0 Å². The molecule has 0 bridgehead atoms. The number of aryl methyl sites for hydroxylation is 2. The summed E-state index contributed by atoms with van der Waals surface area (Å²) in [4.78, 5) is 24.3. The molecule has 1 heterocycles. The lowest BCUT2D eigenvalue weighted by Crippen LogP contribution is -2.29. The minimum atomic E-state index is -0.830. The quantitative estimate of drug-likeness (QED) is 0.733. The van der Waals surface area contributed by atoms with Gasteiger partial charge in [-0.2, -0.15) is 0 Å². The molecule has 1 N–H and O–H groups in total. The fraction of sp³-hybridized carbons (Fsp3) is 0.500. The molecule has 0 fully saturated rings. The molecule has 0 radical (unpaired) electrons. The number of rotatable bonds is 8. The zero-order chi connectivity index (χ0) is 16.8. The standard InChI is InChI=1S/C16H23N3O3S/c1-3-18-13-7-4-5-8-14(13)19(16(18)21)11-9-15(20)17-10-6-12-23(2)22/h4-5,7-8H,3,6,9-12H2,1-2H3,(H,17,20)/t23-/m1/s1. The Balaban J connectivity index is 2.00. The summed E-state index contributed by atoms with van der Waals surface area (Å²) in [6, 6.07) is 7.62. The van der Waals surface area contributed by atoms with E-state index in [1.165, 1.54) is 0 Å². The third kappa shape index (κ3) is 4.31. The maximum absolute atomic E-state index is 12.4. The van der Waals surface area contributed by atoms with Crippen molar-refractivity contribution >= 4 is 27.7 Å². The molecule has 23 heavy (non-hydrogen) atoms. The molecule has 0 saturated heterocycles. The van der Waals surface area contributed by atoms with Gasteiger partial charge in [-0.05, 0) is 25.5 Å². The van der Waals surface area contributed by atoms with E-state index in [2.05, 4.69) is 5.32 Å². The Kier molecular flexibility index (Phi) is 6.15. The van der Waals surface area contributed by atoms with Crippen LogP contribution in [0.3, 0.4) is 0 Å². The van der Waals surface area contributed by atoms with Gasteiger partial charge in [0.25, 0.3) is 0 Å². The van der Waals surface area contributed by atoms with Crippen molar-refractivity contribution in [2.45, 2.75) is 32.9 Å². The van der Waals surface area contributed by atoms with Crippen LogP contribution in [0.5, 0.6) is 0 Å². The lowest BCUT2D eigenvalue weighted by atomic mass is 10.3. The highest BCUT2D eigenvalue weighted by atomic mass is 32.2. The van der Waals surface area contributed by atoms with E-state index < -0.39 is 10.8 Å². The number of hydrogen-bond donors (Lipinski definition) is 1. The molecule has 126 valence electrons. The number of aromatic nitrogens is 2. The van der Waals surface area contributed by atoms with Crippen molar-refractivity contribution in [3.8, 4) is 0 Å². The third-order valence-corrected chi connectivity index (χ3v) is 4.60. The Hall–Kier alpha value is -1.89. The number of para-hydroxylation sites is 2. The van der Waals surface area contributed by atoms with E-state index in [9.17, 15) is 13.8 Å². The minimum absolute atomic E-state index is 0.0807. The topological polar surface area (TPSA) is 73.1 Å². The van der Waals surface area contributed by atoms with E-state index in [1.807, 2.05) is 31.2 Å². The molecule has 0 saturated carbocycles. The van der Waals surface area contributed by atoms with Gasteiger partial charge in [0.1, 0.15) is 0 Å². The molecular weight excluding hydrogens is 314 g/mol. The predicted octanol–water partition coefficient (Wildman–Crippen LogP) is 1.10.